The highest BCUT2D eigenvalue weighted by molar-refractivity contribution is 5.96. The average molecular weight is 400 g/mol. The fraction of sp³-hybridized carbons (Fsp3) is 0.333. The number of carbonyl (C=O) groups is 2. The smallest absolute Gasteiger partial charge is 0.344 e. The van der Waals surface area contributed by atoms with E-state index in [-0.39, 0.29) is 18.0 Å². The molecule has 8 nitrogen and oxygen atoms in total. The summed E-state index contributed by atoms with van der Waals surface area (Å²) in [5.41, 5.74) is 1.74. The summed E-state index contributed by atoms with van der Waals surface area (Å²) in [5, 5.41) is 13.4. The first kappa shape index (κ1) is 21.9. The van der Waals surface area contributed by atoms with E-state index in [0.29, 0.717) is 11.7 Å². The molecule has 0 saturated carbocycles. The Kier molecular flexibility index (Phi) is 7.30. The van der Waals surface area contributed by atoms with E-state index in [2.05, 4.69) is 19.2 Å². The maximum atomic E-state index is 12.2. The standard InChI is InChI=1S/C21H24N2O6/c1-13(2)16-10-9-14(3)19(11-16)28-12-20(24)29-15(4)21(25)22-17-7-5-6-8-18(17)23(26)27/h5-11,13,15H,12H2,1-4H3,(H,22,25)/t15-/m0/s1. The molecule has 0 aliphatic carbocycles. The highest BCUT2D eigenvalue weighted by atomic mass is 16.6. The van der Waals surface area contributed by atoms with Crippen LogP contribution in [0.3, 0.4) is 0 Å². The Hall–Kier alpha value is -3.42. The van der Waals surface area contributed by atoms with Crippen LogP contribution in [-0.2, 0) is 14.3 Å². The van der Waals surface area contributed by atoms with Crippen LogP contribution in [0.4, 0.5) is 11.4 Å². The van der Waals surface area contributed by atoms with Crippen molar-refractivity contribution >= 4 is 23.3 Å². The molecule has 29 heavy (non-hydrogen) atoms. The molecule has 2 aromatic rings. The largest absolute Gasteiger partial charge is 0.482 e. The van der Waals surface area contributed by atoms with Crippen LogP contribution in [0.1, 0.15) is 37.8 Å². The molecule has 0 unspecified atom stereocenters. The van der Waals surface area contributed by atoms with Crippen LogP contribution < -0.4 is 10.1 Å². The number of para-hydroxylation sites is 2. The van der Waals surface area contributed by atoms with Crippen LogP contribution in [0.2, 0.25) is 0 Å². The first-order chi connectivity index (χ1) is 13.7. The van der Waals surface area contributed by atoms with Gasteiger partial charge in [0.1, 0.15) is 11.4 Å². The molecule has 1 N–H and O–H groups in total. The lowest BCUT2D eigenvalue weighted by molar-refractivity contribution is -0.383. The van der Waals surface area contributed by atoms with Crippen LogP contribution in [0.15, 0.2) is 42.5 Å². The third-order valence-electron chi connectivity index (χ3n) is 4.26. The van der Waals surface area contributed by atoms with Gasteiger partial charge in [0.2, 0.25) is 0 Å². The van der Waals surface area contributed by atoms with Crippen molar-refractivity contribution < 1.29 is 24.0 Å². The first-order valence-electron chi connectivity index (χ1n) is 9.16. The molecule has 2 rings (SSSR count). The minimum Gasteiger partial charge on any atom is -0.482 e. The van der Waals surface area contributed by atoms with Crippen molar-refractivity contribution in [3.63, 3.8) is 0 Å². The number of rotatable bonds is 8. The predicted octanol–water partition coefficient (Wildman–Crippen LogP) is 3.98. The Morgan fingerprint density at radius 1 is 1.14 bits per heavy atom. The lowest BCUT2D eigenvalue weighted by Gasteiger charge is -2.15. The number of hydrogen-bond acceptors (Lipinski definition) is 6. The van der Waals surface area contributed by atoms with Gasteiger partial charge in [0.25, 0.3) is 11.6 Å². The van der Waals surface area contributed by atoms with Crippen LogP contribution in [0.5, 0.6) is 5.75 Å². The maximum Gasteiger partial charge on any atom is 0.344 e. The number of hydrogen-bond donors (Lipinski definition) is 1. The van der Waals surface area contributed by atoms with Gasteiger partial charge in [-0.3, -0.25) is 14.9 Å². The maximum absolute atomic E-state index is 12.2. The molecule has 0 saturated heterocycles. The Balaban J connectivity index is 1.93. The lowest BCUT2D eigenvalue weighted by Crippen LogP contribution is -2.31. The SMILES string of the molecule is Cc1ccc(C(C)C)cc1OCC(=O)O[C@@H](C)C(=O)Nc1ccccc1[N+](=O)[O-]. The van der Waals surface area contributed by atoms with Crippen molar-refractivity contribution in [3.8, 4) is 5.75 Å². The van der Waals surface area contributed by atoms with E-state index in [1.165, 1.54) is 25.1 Å². The van der Waals surface area contributed by atoms with E-state index in [1.807, 2.05) is 25.1 Å². The summed E-state index contributed by atoms with van der Waals surface area (Å²) in [6.45, 7) is 7.01. The third-order valence-corrected chi connectivity index (χ3v) is 4.26. The number of anilines is 1. The molecule has 0 spiro atoms. The normalized spacial score (nSPS) is 11.6. The molecule has 0 fully saturated rings. The molecule has 1 amide bonds. The zero-order valence-corrected chi connectivity index (χ0v) is 16.8. The van der Waals surface area contributed by atoms with Crippen molar-refractivity contribution in [1.82, 2.24) is 0 Å². The second-order valence-electron chi connectivity index (χ2n) is 6.86. The second kappa shape index (κ2) is 9.68. The summed E-state index contributed by atoms with van der Waals surface area (Å²) in [6, 6.07) is 11.5. The van der Waals surface area contributed by atoms with Crippen LogP contribution in [0, 0.1) is 17.0 Å². The van der Waals surface area contributed by atoms with E-state index in [0.717, 1.165) is 11.1 Å². The highest BCUT2D eigenvalue weighted by Gasteiger charge is 2.22. The highest BCUT2D eigenvalue weighted by Crippen LogP contribution is 2.25. The van der Waals surface area contributed by atoms with Crippen LogP contribution in [-0.4, -0.2) is 29.5 Å². The molecular weight excluding hydrogens is 376 g/mol. The summed E-state index contributed by atoms with van der Waals surface area (Å²) in [4.78, 5) is 34.7. The number of aryl methyl sites for hydroxylation is 1. The molecule has 154 valence electrons. The first-order valence-corrected chi connectivity index (χ1v) is 9.16. The summed E-state index contributed by atoms with van der Waals surface area (Å²) in [7, 11) is 0. The number of esters is 1. The van der Waals surface area contributed by atoms with E-state index in [9.17, 15) is 19.7 Å². The number of nitrogens with one attached hydrogen (secondary N) is 1. The third kappa shape index (κ3) is 6.03. The van der Waals surface area contributed by atoms with Crippen LogP contribution in [0.25, 0.3) is 0 Å². The summed E-state index contributed by atoms with van der Waals surface area (Å²) >= 11 is 0. The van der Waals surface area contributed by atoms with Gasteiger partial charge in [-0.1, -0.05) is 38.1 Å². The van der Waals surface area contributed by atoms with Gasteiger partial charge in [-0.15, -0.1) is 0 Å². The van der Waals surface area contributed by atoms with Gasteiger partial charge < -0.3 is 14.8 Å². The number of benzene rings is 2. The number of carbonyl (C=O) groups excluding carboxylic acids is 2. The van der Waals surface area contributed by atoms with Crippen molar-refractivity contribution in [3.05, 3.63) is 63.7 Å². The topological polar surface area (TPSA) is 108 Å². The molecule has 0 bridgehead atoms. The van der Waals surface area contributed by atoms with E-state index in [1.54, 1.807) is 6.07 Å². The van der Waals surface area contributed by atoms with Gasteiger partial charge in [0, 0.05) is 6.07 Å². The summed E-state index contributed by atoms with van der Waals surface area (Å²) in [6.07, 6.45) is -1.14. The van der Waals surface area contributed by atoms with Gasteiger partial charge in [-0.25, -0.2) is 4.79 Å². The molecular formula is C21H24N2O6. The van der Waals surface area contributed by atoms with E-state index < -0.39 is 22.9 Å². The van der Waals surface area contributed by atoms with Gasteiger partial charge in [0.15, 0.2) is 12.7 Å². The van der Waals surface area contributed by atoms with E-state index in [4.69, 9.17) is 9.47 Å². The van der Waals surface area contributed by atoms with Gasteiger partial charge in [-0.2, -0.15) is 0 Å². The molecule has 0 radical (unpaired) electrons. The van der Waals surface area contributed by atoms with Gasteiger partial charge >= 0.3 is 5.97 Å². The summed E-state index contributed by atoms with van der Waals surface area (Å²) < 4.78 is 10.6. The zero-order valence-electron chi connectivity index (χ0n) is 16.8. The molecule has 0 aromatic heterocycles. The predicted molar refractivity (Wildman–Crippen MR) is 108 cm³/mol. The van der Waals surface area contributed by atoms with Crippen molar-refractivity contribution in [2.75, 3.05) is 11.9 Å². The Labute approximate surface area is 169 Å². The number of nitro groups is 1. The fourth-order valence-corrected chi connectivity index (χ4v) is 2.53. The van der Waals surface area contributed by atoms with E-state index >= 15 is 0 Å². The zero-order chi connectivity index (χ0) is 21.6. The van der Waals surface area contributed by atoms with Crippen LogP contribution >= 0.6 is 0 Å². The number of nitrogens with zero attached hydrogens (tertiary/aromatic N) is 1. The molecule has 1 atom stereocenters. The molecule has 2 aromatic carbocycles. The summed E-state index contributed by atoms with van der Waals surface area (Å²) in [5.74, 6) is -0.504. The lowest BCUT2D eigenvalue weighted by atomic mass is 10.0. The monoisotopic (exact) mass is 400 g/mol. The average Bonchev–Trinajstić information content (AvgIpc) is 2.67. The van der Waals surface area contributed by atoms with Crippen molar-refractivity contribution in [2.45, 2.75) is 39.7 Å². The van der Waals surface area contributed by atoms with Gasteiger partial charge in [-0.05, 0) is 43.0 Å². The molecule has 0 heterocycles. The fourth-order valence-electron chi connectivity index (χ4n) is 2.53. The van der Waals surface area contributed by atoms with Crippen molar-refractivity contribution in [1.29, 1.82) is 0 Å². The van der Waals surface area contributed by atoms with Crippen molar-refractivity contribution in [2.24, 2.45) is 0 Å². The van der Waals surface area contributed by atoms with Gasteiger partial charge in [0.05, 0.1) is 4.92 Å². The minimum absolute atomic E-state index is 0.0303. The number of nitro benzene ring substituents is 1. The molecule has 8 heteroatoms. The minimum atomic E-state index is -1.14. The molecule has 0 aliphatic heterocycles. The Bertz CT molecular complexity index is 910. The number of ether oxygens (including phenoxy) is 2. The second-order valence-corrected chi connectivity index (χ2v) is 6.86. The quantitative estimate of drug-likeness (QED) is 0.408. The Morgan fingerprint density at radius 2 is 1.83 bits per heavy atom. The molecule has 0 aliphatic rings. The number of amides is 1. The Morgan fingerprint density at radius 3 is 2.48 bits per heavy atom.